The van der Waals surface area contributed by atoms with Crippen molar-refractivity contribution in [3.63, 3.8) is 0 Å². The van der Waals surface area contributed by atoms with E-state index in [4.69, 9.17) is 0 Å². The summed E-state index contributed by atoms with van der Waals surface area (Å²) in [5, 5.41) is 3.02. The average molecular weight is 266 g/mol. The van der Waals surface area contributed by atoms with Crippen molar-refractivity contribution < 1.29 is 4.79 Å². The largest absolute Gasteiger partial charge is 0.348 e. The number of halogens is 1. The number of hydrogen-bond donors (Lipinski definition) is 1. The number of rotatable bonds is 1. The van der Waals surface area contributed by atoms with Crippen LogP contribution in [-0.4, -0.2) is 5.91 Å². The lowest BCUT2D eigenvalue weighted by atomic mass is 9.57. The van der Waals surface area contributed by atoms with Gasteiger partial charge in [-0.3, -0.25) is 4.79 Å². The quantitative estimate of drug-likeness (QED) is 0.778. The Morgan fingerprint density at radius 3 is 2.40 bits per heavy atom. The fraction of sp³-hybridized carbons (Fsp3) is 0.417. The molecule has 1 aliphatic carbocycles. The number of hydrogen-bond acceptors (Lipinski definition) is 1. The summed E-state index contributed by atoms with van der Waals surface area (Å²) in [5.74, 6) is 0.252. The minimum atomic E-state index is -0.0478. The van der Waals surface area contributed by atoms with E-state index in [1.54, 1.807) is 0 Å². The Hall–Kier alpha value is -0.830. The summed E-state index contributed by atoms with van der Waals surface area (Å²) in [4.78, 5) is 11.6. The molecule has 78 valence electrons. The van der Waals surface area contributed by atoms with Crippen LogP contribution in [0.15, 0.2) is 28.7 Å². The van der Waals surface area contributed by atoms with Crippen LogP contribution >= 0.6 is 15.9 Å². The predicted octanol–water partition coefficient (Wildman–Crippen LogP) is 2.79. The zero-order valence-electron chi connectivity index (χ0n) is 8.29. The van der Waals surface area contributed by atoms with Gasteiger partial charge in [0, 0.05) is 4.47 Å². The summed E-state index contributed by atoms with van der Waals surface area (Å²) >= 11 is 3.42. The zero-order chi connectivity index (χ0) is 10.5. The molecule has 15 heavy (non-hydrogen) atoms. The Morgan fingerprint density at radius 1 is 1.27 bits per heavy atom. The summed E-state index contributed by atoms with van der Waals surface area (Å²) in [5.41, 5.74) is 1.19. The molecule has 1 unspecified atom stereocenters. The summed E-state index contributed by atoms with van der Waals surface area (Å²) in [6.45, 7) is 0. The number of benzene rings is 1. The van der Waals surface area contributed by atoms with E-state index in [9.17, 15) is 4.79 Å². The maximum absolute atomic E-state index is 11.6. The molecule has 3 heteroatoms. The highest BCUT2D eigenvalue weighted by Gasteiger charge is 2.58. The van der Waals surface area contributed by atoms with Crippen LogP contribution in [0.3, 0.4) is 0 Å². The second-order valence-corrected chi connectivity index (χ2v) is 5.38. The minimum absolute atomic E-state index is 0.0478. The monoisotopic (exact) mass is 265 g/mol. The third-order valence-electron chi connectivity index (χ3n) is 3.73. The Kier molecular flexibility index (Phi) is 1.93. The van der Waals surface area contributed by atoms with E-state index < -0.39 is 0 Å². The van der Waals surface area contributed by atoms with Crippen molar-refractivity contribution in [2.45, 2.75) is 25.3 Å². The van der Waals surface area contributed by atoms with Gasteiger partial charge in [-0.15, -0.1) is 0 Å². The van der Waals surface area contributed by atoms with Crippen LogP contribution in [0.25, 0.3) is 0 Å². The average Bonchev–Trinajstić information content (AvgIpc) is 2.13. The molecule has 1 aliphatic heterocycles. The first-order valence-electron chi connectivity index (χ1n) is 5.29. The lowest BCUT2D eigenvalue weighted by Gasteiger charge is -2.54. The minimum Gasteiger partial charge on any atom is -0.348 e. The topological polar surface area (TPSA) is 29.1 Å². The standard InChI is InChI=1S/C12H12BrNO/c13-9-4-2-8(3-5-9)10-12(6-1-7-12)11(15)14-10/h2-5,10H,1,6-7H2,(H,14,15). The highest BCUT2D eigenvalue weighted by Crippen LogP contribution is 2.55. The fourth-order valence-corrected chi connectivity index (χ4v) is 2.86. The van der Waals surface area contributed by atoms with Crippen molar-refractivity contribution in [2.75, 3.05) is 0 Å². The molecule has 1 heterocycles. The Morgan fingerprint density at radius 2 is 1.93 bits per heavy atom. The Bertz CT molecular complexity index is 408. The summed E-state index contributed by atoms with van der Waals surface area (Å²) in [6, 6.07) is 8.51. The molecule has 1 spiro atoms. The van der Waals surface area contributed by atoms with Crippen molar-refractivity contribution in [1.82, 2.24) is 5.32 Å². The highest BCUT2D eigenvalue weighted by molar-refractivity contribution is 9.10. The molecule has 1 N–H and O–H groups in total. The van der Waals surface area contributed by atoms with Crippen molar-refractivity contribution >= 4 is 21.8 Å². The molecule has 0 bridgehead atoms. The molecule has 2 fully saturated rings. The van der Waals surface area contributed by atoms with E-state index in [0.717, 1.165) is 17.3 Å². The van der Waals surface area contributed by atoms with Gasteiger partial charge in [-0.2, -0.15) is 0 Å². The predicted molar refractivity (Wildman–Crippen MR) is 61.3 cm³/mol. The second kappa shape index (κ2) is 3.08. The third kappa shape index (κ3) is 1.19. The molecule has 0 aromatic heterocycles. The number of β-lactam (4-membered cyclic amide) rings is 1. The van der Waals surface area contributed by atoms with Crippen LogP contribution in [0, 0.1) is 5.41 Å². The second-order valence-electron chi connectivity index (χ2n) is 4.47. The summed E-state index contributed by atoms with van der Waals surface area (Å²) in [7, 11) is 0. The molecule has 1 aromatic rings. The van der Waals surface area contributed by atoms with Gasteiger partial charge in [-0.25, -0.2) is 0 Å². The van der Waals surface area contributed by atoms with Crippen LogP contribution in [0.4, 0.5) is 0 Å². The van der Waals surface area contributed by atoms with E-state index in [-0.39, 0.29) is 17.4 Å². The number of carbonyl (C=O) groups is 1. The van der Waals surface area contributed by atoms with Crippen molar-refractivity contribution in [3.8, 4) is 0 Å². The van der Waals surface area contributed by atoms with E-state index in [1.807, 2.05) is 12.1 Å². The van der Waals surface area contributed by atoms with Crippen molar-refractivity contribution in [1.29, 1.82) is 0 Å². The first kappa shape index (κ1) is 9.40. The number of amides is 1. The SMILES string of the molecule is O=C1NC(c2ccc(Br)cc2)C12CCC2. The van der Waals surface area contributed by atoms with Gasteiger partial charge in [-0.05, 0) is 30.5 Å². The highest BCUT2D eigenvalue weighted by atomic mass is 79.9. The first-order valence-corrected chi connectivity index (χ1v) is 6.08. The third-order valence-corrected chi connectivity index (χ3v) is 4.26. The zero-order valence-corrected chi connectivity index (χ0v) is 9.88. The fourth-order valence-electron chi connectivity index (χ4n) is 2.60. The van der Waals surface area contributed by atoms with Gasteiger partial charge in [0.15, 0.2) is 0 Å². The number of carbonyl (C=O) groups excluding carboxylic acids is 1. The normalized spacial score (nSPS) is 26.7. The smallest absolute Gasteiger partial charge is 0.229 e. The first-order chi connectivity index (χ1) is 7.22. The summed E-state index contributed by atoms with van der Waals surface area (Å²) < 4.78 is 1.08. The Balaban J connectivity index is 1.90. The molecule has 1 saturated heterocycles. The van der Waals surface area contributed by atoms with Crippen LogP contribution in [0.5, 0.6) is 0 Å². The molecule has 1 atom stereocenters. The van der Waals surface area contributed by atoms with E-state index >= 15 is 0 Å². The molecule has 0 radical (unpaired) electrons. The molecular weight excluding hydrogens is 254 g/mol. The lowest BCUT2D eigenvalue weighted by Crippen LogP contribution is -2.64. The van der Waals surface area contributed by atoms with Gasteiger partial charge < -0.3 is 5.32 Å². The van der Waals surface area contributed by atoms with E-state index in [1.165, 1.54) is 12.0 Å². The van der Waals surface area contributed by atoms with E-state index in [0.29, 0.717) is 0 Å². The van der Waals surface area contributed by atoms with Crippen LogP contribution in [0.2, 0.25) is 0 Å². The van der Waals surface area contributed by atoms with E-state index in [2.05, 4.69) is 33.4 Å². The van der Waals surface area contributed by atoms with Gasteiger partial charge in [0.05, 0.1) is 11.5 Å². The van der Waals surface area contributed by atoms with Gasteiger partial charge in [-0.1, -0.05) is 34.5 Å². The van der Waals surface area contributed by atoms with Crippen molar-refractivity contribution in [3.05, 3.63) is 34.3 Å². The van der Waals surface area contributed by atoms with Crippen LogP contribution < -0.4 is 5.32 Å². The maximum Gasteiger partial charge on any atom is 0.229 e. The molecule has 3 rings (SSSR count). The molecule has 1 aromatic carbocycles. The van der Waals surface area contributed by atoms with Crippen LogP contribution in [0.1, 0.15) is 30.9 Å². The molecule has 1 amide bonds. The lowest BCUT2D eigenvalue weighted by molar-refractivity contribution is -0.155. The van der Waals surface area contributed by atoms with Gasteiger partial charge in [0.1, 0.15) is 0 Å². The summed E-state index contributed by atoms with van der Waals surface area (Å²) in [6.07, 6.45) is 3.31. The molecule has 1 saturated carbocycles. The Labute approximate surface area is 97.2 Å². The van der Waals surface area contributed by atoms with Gasteiger partial charge in [0.2, 0.25) is 5.91 Å². The maximum atomic E-state index is 11.6. The molecular formula is C12H12BrNO. The van der Waals surface area contributed by atoms with Crippen LogP contribution in [-0.2, 0) is 4.79 Å². The van der Waals surface area contributed by atoms with Gasteiger partial charge >= 0.3 is 0 Å². The van der Waals surface area contributed by atoms with Crippen molar-refractivity contribution in [2.24, 2.45) is 5.41 Å². The van der Waals surface area contributed by atoms with Gasteiger partial charge in [0.25, 0.3) is 0 Å². The number of nitrogens with one attached hydrogen (secondary N) is 1. The molecule has 2 aliphatic rings. The molecule has 2 nitrogen and oxygen atoms in total.